The summed E-state index contributed by atoms with van der Waals surface area (Å²) < 4.78 is 0. The molecule has 1 amide bonds. The zero-order chi connectivity index (χ0) is 12.8. The summed E-state index contributed by atoms with van der Waals surface area (Å²) in [6, 6.07) is 2.04. The molecule has 1 aromatic heterocycles. The first-order valence-corrected chi connectivity index (χ1v) is 6.14. The zero-order valence-corrected chi connectivity index (χ0v) is 10.8. The highest BCUT2D eigenvalue weighted by Gasteiger charge is 2.14. The Morgan fingerprint density at radius 1 is 1.65 bits per heavy atom. The average Bonchev–Trinajstić information content (AvgIpc) is 2.59. The molecule has 0 radical (unpaired) electrons. The molecule has 1 aromatic rings. The Kier molecular flexibility index (Phi) is 4.79. The molecular formula is C11H14N4OS. The normalized spacial score (nSPS) is 9.53. The summed E-state index contributed by atoms with van der Waals surface area (Å²) in [6.07, 6.45) is 1.47. The first kappa shape index (κ1) is 13.3. The topological polar surface area (TPSA) is 81.6 Å². The van der Waals surface area contributed by atoms with Gasteiger partial charge < -0.3 is 5.32 Å². The van der Waals surface area contributed by atoms with E-state index in [0.29, 0.717) is 16.4 Å². The summed E-state index contributed by atoms with van der Waals surface area (Å²) in [4.78, 5) is 11.5. The van der Waals surface area contributed by atoms with E-state index in [9.17, 15) is 4.79 Å². The molecule has 0 spiro atoms. The van der Waals surface area contributed by atoms with Crippen LogP contribution in [0.25, 0.3) is 0 Å². The molecule has 0 unspecified atom stereocenters. The minimum absolute atomic E-state index is 0.266. The number of carbonyl (C=O) groups excluding carboxylic acids is 1. The Balaban J connectivity index is 2.89. The average molecular weight is 250 g/mol. The van der Waals surface area contributed by atoms with Crippen LogP contribution < -0.4 is 5.32 Å². The molecule has 1 rings (SSSR count). The van der Waals surface area contributed by atoms with Crippen molar-refractivity contribution in [3.05, 3.63) is 17.2 Å². The smallest absolute Gasteiger partial charge is 0.249 e. The van der Waals surface area contributed by atoms with Gasteiger partial charge in [-0.25, -0.2) is 0 Å². The maximum absolute atomic E-state index is 11.5. The van der Waals surface area contributed by atoms with Crippen molar-refractivity contribution in [3.8, 4) is 6.07 Å². The third-order valence-corrected chi connectivity index (χ3v) is 2.65. The summed E-state index contributed by atoms with van der Waals surface area (Å²) in [6.45, 7) is 5.63. The molecule has 0 aromatic carbocycles. The van der Waals surface area contributed by atoms with Crippen LogP contribution in [0.1, 0.15) is 26.3 Å². The van der Waals surface area contributed by atoms with E-state index >= 15 is 0 Å². The number of aromatic amines is 1. The molecule has 5 nitrogen and oxygen atoms in total. The van der Waals surface area contributed by atoms with Gasteiger partial charge >= 0.3 is 0 Å². The molecule has 0 bridgehead atoms. The number of rotatable bonds is 4. The summed E-state index contributed by atoms with van der Waals surface area (Å²) in [5, 5.41) is 18.9. The number of thioether (sulfide) groups is 1. The highest BCUT2D eigenvalue weighted by atomic mass is 32.2. The Bertz CT molecular complexity index is 480. The van der Waals surface area contributed by atoms with E-state index in [1.54, 1.807) is 0 Å². The SMILES string of the molecule is CCSc1n[nH]c(NC(=O)C=C(C)C)c1C#N. The Hall–Kier alpha value is -1.74. The molecule has 0 aliphatic rings. The van der Waals surface area contributed by atoms with Crippen LogP contribution in [0.5, 0.6) is 0 Å². The van der Waals surface area contributed by atoms with Crippen molar-refractivity contribution in [2.24, 2.45) is 0 Å². The van der Waals surface area contributed by atoms with E-state index in [2.05, 4.69) is 15.5 Å². The van der Waals surface area contributed by atoms with Gasteiger partial charge in [-0.15, -0.1) is 11.8 Å². The predicted molar refractivity (Wildman–Crippen MR) is 67.8 cm³/mol. The first-order chi connectivity index (χ1) is 8.08. The Morgan fingerprint density at radius 3 is 2.88 bits per heavy atom. The molecule has 6 heteroatoms. The van der Waals surface area contributed by atoms with Gasteiger partial charge in [0.2, 0.25) is 5.91 Å². The van der Waals surface area contributed by atoms with Crippen LogP contribution in [-0.2, 0) is 4.79 Å². The fraction of sp³-hybridized carbons (Fsp3) is 0.364. The number of amides is 1. The number of nitrogens with one attached hydrogen (secondary N) is 2. The molecule has 0 atom stereocenters. The quantitative estimate of drug-likeness (QED) is 0.634. The van der Waals surface area contributed by atoms with Gasteiger partial charge in [0.25, 0.3) is 0 Å². The van der Waals surface area contributed by atoms with Crippen LogP contribution in [0.2, 0.25) is 0 Å². The molecule has 2 N–H and O–H groups in total. The standard InChI is InChI=1S/C11H14N4OS/c1-4-17-11-8(6-12)10(14-15-11)13-9(16)5-7(2)3/h5H,4H2,1-3H3,(H2,13,14,15,16). The highest BCUT2D eigenvalue weighted by Crippen LogP contribution is 2.24. The van der Waals surface area contributed by atoms with Crippen LogP contribution in [0.4, 0.5) is 5.82 Å². The largest absolute Gasteiger partial charge is 0.306 e. The molecular weight excluding hydrogens is 236 g/mol. The lowest BCUT2D eigenvalue weighted by Crippen LogP contribution is -2.09. The minimum atomic E-state index is -0.266. The van der Waals surface area contributed by atoms with Crippen molar-refractivity contribution in [1.82, 2.24) is 10.2 Å². The van der Waals surface area contributed by atoms with Gasteiger partial charge in [0.15, 0.2) is 0 Å². The van der Waals surface area contributed by atoms with E-state index in [4.69, 9.17) is 5.26 Å². The van der Waals surface area contributed by atoms with Crippen LogP contribution >= 0.6 is 11.8 Å². The number of allylic oxidation sites excluding steroid dienone is 1. The maximum Gasteiger partial charge on any atom is 0.249 e. The number of H-pyrrole nitrogens is 1. The monoisotopic (exact) mass is 250 g/mol. The Labute approximate surface area is 104 Å². The van der Waals surface area contributed by atoms with Gasteiger partial charge in [0, 0.05) is 6.08 Å². The van der Waals surface area contributed by atoms with Gasteiger partial charge in [-0.2, -0.15) is 10.4 Å². The molecule has 1 heterocycles. The lowest BCUT2D eigenvalue weighted by molar-refractivity contribution is -0.112. The second-order valence-corrected chi connectivity index (χ2v) is 4.79. The van der Waals surface area contributed by atoms with Crippen LogP contribution in [-0.4, -0.2) is 21.9 Å². The second-order valence-electron chi connectivity index (χ2n) is 3.53. The van der Waals surface area contributed by atoms with Gasteiger partial charge in [-0.3, -0.25) is 9.89 Å². The fourth-order valence-electron chi connectivity index (χ4n) is 1.18. The Morgan fingerprint density at radius 2 is 2.35 bits per heavy atom. The summed E-state index contributed by atoms with van der Waals surface area (Å²) in [7, 11) is 0. The molecule has 17 heavy (non-hydrogen) atoms. The lowest BCUT2D eigenvalue weighted by atomic mass is 10.3. The molecule has 0 aliphatic heterocycles. The molecule has 90 valence electrons. The van der Waals surface area contributed by atoms with E-state index in [0.717, 1.165) is 11.3 Å². The van der Waals surface area contributed by atoms with Crippen molar-refractivity contribution < 1.29 is 4.79 Å². The fourth-order valence-corrected chi connectivity index (χ4v) is 1.86. The molecule has 0 saturated heterocycles. The predicted octanol–water partition coefficient (Wildman–Crippen LogP) is 2.30. The van der Waals surface area contributed by atoms with E-state index in [1.807, 2.05) is 26.8 Å². The van der Waals surface area contributed by atoms with Crippen LogP contribution in [0, 0.1) is 11.3 Å². The number of anilines is 1. The number of carbonyl (C=O) groups is 1. The lowest BCUT2D eigenvalue weighted by Gasteiger charge is -1.99. The minimum Gasteiger partial charge on any atom is -0.306 e. The van der Waals surface area contributed by atoms with Crippen molar-refractivity contribution in [1.29, 1.82) is 5.26 Å². The summed E-state index contributed by atoms with van der Waals surface area (Å²) >= 11 is 1.46. The van der Waals surface area contributed by atoms with E-state index in [1.165, 1.54) is 17.8 Å². The maximum atomic E-state index is 11.5. The van der Waals surface area contributed by atoms with Gasteiger partial charge in [0.05, 0.1) is 0 Å². The summed E-state index contributed by atoms with van der Waals surface area (Å²) in [5.41, 5.74) is 1.27. The number of hydrogen-bond donors (Lipinski definition) is 2. The van der Waals surface area contributed by atoms with Gasteiger partial charge in [-0.05, 0) is 19.6 Å². The third-order valence-electron chi connectivity index (χ3n) is 1.79. The molecule has 0 fully saturated rings. The van der Waals surface area contributed by atoms with Gasteiger partial charge in [0.1, 0.15) is 22.5 Å². The van der Waals surface area contributed by atoms with Crippen molar-refractivity contribution in [2.75, 3.05) is 11.1 Å². The third kappa shape index (κ3) is 3.64. The van der Waals surface area contributed by atoms with E-state index in [-0.39, 0.29) is 5.91 Å². The number of nitriles is 1. The van der Waals surface area contributed by atoms with Crippen molar-refractivity contribution in [2.45, 2.75) is 25.8 Å². The number of aromatic nitrogens is 2. The highest BCUT2D eigenvalue weighted by molar-refractivity contribution is 7.99. The number of hydrogen-bond acceptors (Lipinski definition) is 4. The van der Waals surface area contributed by atoms with E-state index < -0.39 is 0 Å². The van der Waals surface area contributed by atoms with Crippen LogP contribution in [0.15, 0.2) is 16.7 Å². The molecule has 0 saturated carbocycles. The summed E-state index contributed by atoms with van der Waals surface area (Å²) in [5.74, 6) is 0.908. The van der Waals surface area contributed by atoms with Crippen molar-refractivity contribution >= 4 is 23.5 Å². The van der Waals surface area contributed by atoms with Gasteiger partial charge in [-0.1, -0.05) is 12.5 Å². The van der Waals surface area contributed by atoms with Crippen molar-refractivity contribution in [3.63, 3.8) is 0 Å². The first-order valence-electron chi connectivity index (χ1n) is 5.15. The molecule has 0 aliphatic carbocycles. The number of nitrogens with zero attached hydrogens (tertiary/aromatic N) is 2. The zero-order valence-electron chi connectivity index (χ0n) is 10.00. The van der Waals surface area contributed by atoms with Crippen LogP contribution in [0.3, 0.4) is 0 Å². The second kappa shape index (κ2) is 6.11.